The Labute approximate surface area is 146 Å². The first kappa shape index (κ1) is 17.3. The van der Waals surface area contributed by atoms with E-state index in [1.54, 1.807) is 6.92 Å². The Morgan fingerprint density at radius 1 is 0.917 bits per heavy atom. The molecule has 4 aliphatic rings. The molecule has 3 heteroatoms. The van der Waals surface area contributed by atoms with Gasteiger partial charge in [0.05, 0.1) is 17.8 Å². The Kier molecular flexibility index (Phi) is 3.92. The van der Waals surface area contributed by atoms with Gasteiger partial charge in [-0.15, -0.1) is 0 Å². The van der Waals surface area contributed by atoms with Gasteiger partial charge in [-0.05, 0) is 93.8 Å². The van der Waals surface area contributed by atoms with Crippen molar-refractivity contribution < 1.29 is 15.3 Å². The van der Waals surface area contributed by atoms with E-state index in [2.05, 4.69) is 13.8 Å². The molecule has 4 rings (SSSR count). The third-order valence-electron chi connectivity index (χ3n) is 9.54. The van der Waals surface area contributed by atoms with Gasteiger partial charge in [0.25, 0.3) is 0 Å². The Morgan fingerprint density at radius 2 is 1.62 bits per heavy atom. The van der Waals surface area contributed by atoms with Crippen LogP contribution in [-0.2, 0) is 0 Å². The first-order valence-corrected chi connectivity index (χ1v) is 10.3. The number of hydrogen-bond donors (Lipinski definition) is 3. The average molecular weight is 337 g/mol. The fraction of sp³-hybridized carbons (Fsp3) is 1.00. The Hall–Kier alpha value is -0.120. The summed E-state index contributed by atoms with van der Waals surface area (Å²) in [7, 11) is 0. The maximum absolute atomic E-state index is 11.3. The van der Waals surface area contributed by atoms with Crippen LogP contribution in [0.4, 0.5) is 0 Å². The van der Waals surface area contributed by atoms with Crippen molar-refractivity contribution in [1.29, 1.82) is 0 Å². The molecule has 0 heterocycles. The number of aliphatic hydroxyl groups is 3. The van der Waals surface area contributed by atoms with Crippen molar-refractivity contribution in [3.8, 4) is 0 Å². The van der Waals surface area contributed by atoms with Crippen LogP contribution in [0.25, 0.3) is 0 Å². The van der Waals surface area contributed by atoms with Crippen molar-refractivity contribution in [3.63, 3.8) is 0 Å². The number of aliphatic hydroxyl groups excluding tert-OH is 2. The Bertz CT molecular complexity index is 505. The van der Waals surface area contributed by atoms with Crippen molar-refractivity contribution in [2.45, 2.75) is 96.4 Å². The lowest BCUT2D eigenvalue weighted by Gasteiger charge is -2.61. The lowest BCUT2D eigenvalue weighted by atomic mass is 9.44. The highest BCUT2D eigenvalue weighted by Crippen LogP contribution is 2.68. The molecule has 0 aromatic heterocycles. The fourth-order valence-corrected chi connectivity index (χ4v) is 7.97. The number of hydrogen-bond acceptors (Lipinski definition) is 3. The summed E-state index contributed by atoms with van der Waals surface area (Å²) in [5.74, 6) is 2.69. The maximum Gasteiger partial charge on any atom is 0.0958 e. The minimum absolute atomic E-state index is 0.0831. The largest absolute Gasteiger partial charge is 0.393 e. The summed E-state index contributed by atoms with van der Waals surface area (Å²) in [6.07, 6.45) is 8.99. The molecule has 0 unspecified atom stereocenters. The predicted molar refractivity (Wildman–Crippen MR) is 94.4 cm³/mol. The second-order valence-electron chi connectivity index (χ2n) is 10.2. The van der Waals surface area contributed by atoms with Crippen molar-refractivity contribution in [2.24, 2.45) is 34.5 Å². The van der Waals surface area contributed by atoms with Gasteiger partial charge in [0.2, 0.25) is 0 Å². The molecule has 3 N–H and O–H groups in total. The van der Waals surface area contributed by atoms with Crippen LogP contribution in [0.3, 0.4) is 0 Å². The minimum Gasteiger partial charge on any atom is -0.393 e. The van der Waals surface area contributed by atoms with Gasteiger partial charge >= 0.3 is 0 Å². The molecule has 0 bridgehead atoms. The third-order valence-corrected chi connectivity index (χ3v) is 9.54. The Balaban J connectivity index is 1.63. The van der Waals surface area contributed by atoms with E-state index in [-0.39, 0.29) is 11.5 Å². The summed E-state index contributed by atoms with van der Waals surface area (Å²) >= 11 is 0. The van der Waals surface area contributed by atoms with Crippen molar-refractivity contribution in [2.75, 3.05) is 0 Å². The Morgan fingerprint density at radius 3 is 2.33 bits per heavy atom. The minimum atomic E-state index is -0.900. The fourth-order valence-electron chi connectivity index (χ4n) is 7.97. The zero-order valence-electron chi connectivity index (χ0n) is 15.7. The van der Waals surface area contributed by atoms with E-state index in [1.165, 1.54) is 25.7 Å². The molecule has 24 heavy (non-hydrogen) atoms. The van der Waals surface area contributed by atoms with Gasteiger partial charge in [0.1, 0.15) is 0 Å². The lowest BCUT2D eigenvalue weighted by molar-refractivity contribution is -0.186. The summed E-state index contributed by atoms with van der Waals surface area (Å²) in [6, 6.07) is 0. The zero-order valence-corrected chi connectivity index (χ0v) is 15.7. The molecule has 0 aromatic rings. The van der Waals surface area contributed by atoms with Gasteiger partial charge in [0.15, 0.2) is 0 Å². The molecule has 0 aliphatic heterocycles. The molecule has 0 saturated heterocycles. The molecule has 138 valence electrons. The maximum atomic E-state index is 11.3. The van der Waals surface area contributed by atoms with Crippen molar-refractivity contribution in [1.82, 2.24) is 0 Å². The molecule has 0 amide bonds. The second kappa shape index (κ2) is 5.44. The van der Waals surface area contributed by atoms with Crippen LogP contribution < -0.4 is 0 Å². The van der Waals surface area contributed by atoms with E-state index in [4.69, 9.17) is 0 Å². The van der Waals surface area contributed by atoms with Gasteiger partial charge < -0.3 is 15.3 Å². The van der Waals surface area contributed by atoms with Gasteiger partial charge in [0, 0.05) is 5.41 Å². The molecule has 0 radical (unpaired) electrons. The monoisotopic (exact) mass is 336 g/mol. The highest BCUT2D eigenvalue weighted by atomic mass is 16.3. The van der Waals surface area contributed by atoms with Gasteiger partial charge in [-0.2, -0.15) is 0 Å². The van der Waals surface area contributed by atoms with Crippen LogP contribution in [0, 0.1) is 34.5 Å². The zero-order chi connectivity index (χ0) is 17.3. The standard InChI is InChI=1S/C21H36O3/c1-13(22)21(24)11-8-18-16-5-4-14-12-15(23)6-9-19(14,2)17(16)7-10-20(18,21)3/h13-18,22-24H,4-12H2,1-3H3/t13-,14-,15-,16-,17+,18-,19-,20-,21+/m0/s1. The van der Waals surface area contributed by atoms with Gasteiger partial charge in [-0.3, -0.25) is 0 Å². The second-order valence-corrected chi connectivity index (χ2v) is 10.2. The molecule has 0 aromatic carbocycles. The van der Waals surface area contributed by atoms with Crippen molar-refractivity contribution >= 4 is 0 Å². The van der Waals surface area contributed by atoms with E-state index < -0.39 is 11.7 Å². The van der Waals surface area contributed by atoms with Gasteiger partial charge in [-0.1, -0.05) is 13.8 Å². The highest BCUT2D eigenvalue weighted by Gasteiger charge is 2.65. The topological polar surface area (TPSA) is 60.7 Å². The molecule has 4 aliphatic carbocycles. The summed E-state index contributed by atoms with van der Waals surface area (Å²) in [5, 5.41) is 31.7. The summed E-state index contributed by atoms with van der Waals surface area (Å²) in [6.45, 7) is 6.53. The van der Waals surface area contributed by atoms with E-state index >= 15 is 0 Å². The van der Waals surface area contributed by atoms with E-state index in [0.29, 0.717) is 23.2 Å². The molecular weight excluding hydrogens is 300 g/mol. The SMILES string of the molecule is C[C@H](O)[C@]1(O)CC[C@H]2[C@H]3CC[C@H]4C[C@@H](O)CC[C@]4(C)[C@@H]3CC[C@@]21C. The van der Waals surface area contributed by atoms with E-state index in [9.17, 15) is 15.3 Å². The summed E-state index contributed by atoms with van der Waals surface area (Å²) < 4.78 is 0. The normalized spacial score (nSPS) is 58.5. The smallest absolute Gasteiger partial charge is 0.0958 e. The quantitative estimate of drug-likeness (QED) is 0.687. The van der Waals surface area contributed by atoms with Crippen LogP contribution in [0.5, 0.6) is 0 Å². The molecule has 0 spiro atoms. The third kappa shape index (κ3) is 2.07. The van der Waals surface area contributed by atoms with E-state index in [1.807, 2.05) is 0 Å². The van der Waals surface area contributed by atoms with Crippen LogP contribution in [0.1, 0.15) is 78.6 Å². The highest BCUT2D eigenvalue weighted by molar-refractivity contribution is 5.15. The average Bonchev–Trinajstić information content (AvgIpc) is 2.81. The number of fused-ring (bicyclic) bond motifs is 5. The first-order chi connectivity index (χ1) is 11.2. The lowest BCUT2D eigenvalue weighted by Crippen LogP contribution is -2.59. The first-order valence-electron chi connectivity index (χ1n) is 10.3. The number of rotatable bonds is 1. The summed E-state index contributed by atoms with van der Waals surface area (Å²) in [5.41, 5.74) is -0.641. The predicted octanol–water partition coefficient (Wildman–Crippen LogP) is 3.50. The summed E-state index contributed by atoms with van der Waals surface area (Å²) in [4.78, 5) is 0. The van der Waals surface area contributed by atoms with Crippen LogP contribution in [0.15, 0.2) is 0 Å². The van der Waals surface area contributed by atoms with Crippen LogP contribution in [-0.4, -0.2) is 33.1 Å². The van der Waals surface area contributed by atoms with Gasteiger partial charge in [-0.25, -0.2) is 0 Å². The molecule has 4 saturated carbocycles. The van der Waals surface area contributed by atoms with Crippen LogP contribution >= 0.6 is 0 Å². The van der Waals surface area contributed by atoms with Crippen molar-refractivity contribution in [3.05, 3.63) is 0 Å². The van der Waals surface area contributed by atoms with E-state index in [0.717, 1.165) is 38.0 Å². The molecule has 3 nitrogen and oxygen atoms in total. The molecule has 9 atom stereocenters. The van der Waals surface area contributed by atoms with Crippen LogP contribution in [0.2, 0.25) is 0 Å². The molecular formula is C21H36O3. The molecule has 4 fully saturated rings.